The van der Waals surface area contributed by atoms with Crippen LogP contribution in [-0.2, 0) is 0 Å². The van der Waals surface area contributed by atoms with E-state index in [1.165, 1.54) is 24.0 Å². The molecule has 1 aromatic heterocycles. The standard InChI is InChI=1S/C19H21NOS/c1-13-4-6-14(7-5-13)15-11-16-8-9-17(12-15)20(16)19(21)18-3-2-10-22-18/h2-7,10,15-17H,8-9,11-12H2,1H3/t16-,17-/m1/s1. The molecule has 2 aliphatic heterocycles. The predicted molar refractivity (Wildman–Crippen MR) is 90.5 cm³/mol. The van der Waals surface area contributed by atoms with Gasteiger partial charge in [-0.25, -0.2) is 0 Å². The Morgan fingerprint density at radius 3 is 2.36 bits per heavy atom. The molecule has 0 saturated carbocycles. The molecule has 0 unspecified atom stereocenters. The van der Waals surface area contributed by atoms with E-state index in [4.69, 9.17) is 0 Å². The van der Waals surface area contributed by atoms with Crippen LogP contribution >= 0.6 is 11.3 Å². The molecule has 2 aliphatic rings. The molecule has 3 heterocycles. The van der Waals surface area contributed by atoms with Crippen LogP contribution < -0.4 is 0 Å². The first-order valence-electron chi connectivity index (χ1n) is 8.15. The Balaban J connectivity index is 1.54. The maximum atomic E-state index is 12.7. The van der Waals surface area contributed by atoms with E-state index >= 15 is 0 Å². The second-order valence-corrected chi connectivity index (χ2v) is 7.60. The van der Waals surface area contributed by atoms with Crippen molar-refractivity contribution in [3.05, 3.63) is 57.8 Å². The van der Waals surface area contributed by atoms with E-state index in [2.05, 4.69) is 36.1 Å². The topological polar surface area (TPSA) is 20.3 Å². The van der Waals surface area contributed by atoms with Crippen LogP contribution in [0.15, 0.2) is 41.8 Å². The number of benzene rings is 1. The molecule has 114 valence electrons. The van der Waals surface area contributed by atoms with Gasteiger partial charge in [0.2, 0.25) is 0 Å². The number of thiophene rings is 1. The molecule has 0 aliphatic carbocycles. The van der Waals surface area contributed by atoms with Crippen LogP contribution in [0.2, 0.25) is 0 Å². The first-order valence-corrected chi connectivity index (χ1v) is 9.03. The number of carbonyl (C=O) groups excluding carboxylic acids is 1. The fraction of sp³-hybridized carbons (Fsp3) is 0.421. The molecule has 2 nitrogen and oxygen atoms in total. The van der Waals surface area contributed by atoms with Gasteiger partial charge in [0.15, 0.2) is 0 Å². The molecule has 0 radical (unpaired) electrons. The molecule has 2 bridgehead atoms. The SMILES string of the molecule is Cc1ccc(C2C[C@H]3CC[C@H](C2)N3C(=O)c2cccs2)cc1. The van der Waals surface area contributed by atoms with E-state index < -0.39 is 0 Å². The van der Waals surface area contributed by atoms with Gasteiger partial charge in [0, 0.05) is 12.1 Å². The minimum atomic E-state index is 0.254. The summed E-state index contributed by atoms with van der Waals surface area (Å²) in [4.78, 5) is 15.8. The number of carbonyl (C=O) groups is 1. The number of aryl methyl sites for hydroxylation is 1. The molecule has 3 heteroatoms. The minimum absolute atomic E-state index is 0.254. The zero-order valence-electron chi connectivity index (χ0n) is 12.9. The Morgan fingerprint density at radius 1 is 1.09 bits per heavy atom. The summed E-state index contributed by atoms with van der Waals surface area (Å²) in [7, 11) is 0. The van der Waals surface area contributed by atoms with Gasteiger partial charge in [0.05, 0.1) is 4.88 Å². The van der Waals surface area contributed by atoms with Crippen molar-refractivity contribution >= 4 is 17.2 Å². The van der Waals surface area contributed by atoms with E-state index in [1.807, 2.05) is 17.5 Å². The van der Waals surface area contributed by atoms with Crippen molar-refractivity contribution < 1.29 is 4.79 Å². The van der Waals surface area contributed by atoms with Gasteiger partial charge in [0.1, 0.15) is 0 Å². The first-order chi connectivity index (χ1) is 10.7. The van der Waals surface area contributed by atoms with Crippen LogP contribution in [0.5, 0.6) is 0 Å². The predicted octanol–water partition coefficient (Wildman–Crippen LogP) is 4.61. The monoisotopic (exact) mass is 311 g/mol. The Kier molecular flexibility index (Phi) is 3.53. The lowest BCUT2D eigenvalue weighted by atomic mass is 9.84. The number of fused-ring (bicyclic) bond motifs is 2. The normalized spacial score (nSPS) is 27.1. The quantitative estimate of drug-likeness (QED) is 0.793. The lowest BCUT2D eigenvalue weighted by Crippen LogP contribution is -2.45. The molecule has 2 saturated heterocycles. The molecular weight excluding hydrogens is 290 g/mol. The van der Waals surface area contributed by atoms with Crippen LogP contribution in [0.4, 0.5) is 0 Å². The van der Waals surface area contributed by atoms with Crippen LogP contribution in [0.3, 0.4) is 0 Å². The van der Waals surface area contributed by atoms with Crippen molar-refractivity contribution in [1.29, 1.82) is 0 Å². The van der Waals surface area contributed by atoms with Gasteiger partial charge in [-0.05, 0) is 55.5 Å². The average molecular weight is 311 g/mol. The van der Waals surface area contributed by atoms with Crippen LogP contribution in [0.25, 0.3) is 0 Å². The average Bonchev–Trinajstić information content (AvgIpc) is 3.14. The van der Waals surface area contributed by atoms with Crippen LogP contribution in [-0.4, -0.2) is 22.9 Å². The molecule has 0 N–H and O–H groups in total. The van der Waals surface area contributed by atoms with Gasteiger partial charge in [-0.2, -0.15) is 0 Å². The first kappa shape index (κ1) is 14.0. The smallest absolute Gasteiger partial charge is 0.264 e. The summed E-state index contributed by atoms with van der Waals surface area (Å²) >= 11 is 1.56. The molecule has 22 heavy (non-hydrogen) atoms. The minimum Gasteiger partial charge on any atom is -0.332 e. The molecule has 2 atom stereocenters. The summed E-state index contributed by atoms with van der Waals surface area (Å²) in [5, 5.41) is 1.99. The third-order valence-electron chi connectivity index (χ3n) is 5.25. The van der Waals surface area contributed by atoms with Gasteiger partial charge in [-0.15, -0.1) is 11.3 Å². The highest BCUT2D eigenvalue weighted by molar-refractivity contribution is 7.12. The number of hydrogen-bond acceptors (Lipinski definition) is 2. The highest BCUT2D eigenvalue weighted by atomic mass is 32.1. The van der Waals surface area contributed by atoms with Crippen LogP contribution in [0, 0.1) is 6.92 Å². The van der Waals surface area contributed by atoms with Crippen molar-refractivity contribution in [3.8, 4) is 0 Å². The number of nitrogens with zero attached hydrogens (tertiary/aromatic N) is 1. The Morgan fingerprint density at radius 2 is 1.77 bits per heavy atom. The Bertz CT molecular complexity index is 647. The number of piperidine rings is 1. The lowest BCUT2D eigenvalue weighted by molar-refractivity contribution is 0.0576. The van der Waals surface area contributed by atoms with E-state index in [0.717, 1.165) is 17.7 Å². The Hall–Kier alpha value is -1.61. The van der Waals surface area contributed by atoms with E-state index in [9.17, 15) is 4.79 Å². The summed E-state index contributed by atoms with van der Waals surface area (Å²) in [6, 6.07) is 13.8. The molecule has 4 rings (SSSR count). The fourth-order valence-electron chi connectivity index (χ4n) is 4.15. The third-order valence-corrected chi connectivity index (χ3v) is 6.11. The zero-order valence-corrected chi connectivity index (χ0v) is 13.7. The maximum Gasteiger partial charge on any atom is 0.264 e. The van der Waals surface area contributed by atoms with E-state index in [-0.39, 0.29) is 5.91 Å². The van der Waals surface area contributed by atoms with Crippen molar-refractivity contribution in [1.82, 2.24) is 4.90 Å². The second kappa shape index (κ2) is 5.54. The summed E-state index contributed by atoms with van der Waals surface area (Å²) in [6.45, 7) is 2.13. The van der Waals surface area contributed by atoms with E-state index in [1.54, 1.807) is 11.3 Å². The molecule has 0 spiro atoms. The summed E-state index contributed by atoms with van der Waals surface area (Å²) in [5.74, 6) is 0.871. The summed E-state index contributed by atoms with van der Waals surface area (Å²) in [6.07, 6.45) is 4.58. The number of hydrogen-bond donors (Lipinski definition) is 0. The van der Waals surface area contributed by atoms with Gasteiger partial charge >= 0.3 is 0 Å². The number of amides is 1. The van der Waals surface area contributed by atoms with Crippen molar-refractivity contribution in [2.24, 2.45) is 0 Å². The van der Waals surface area contributed by atoms with E-state index in [0.29, 0.717) is 18.0 Å². The molecule has 2 aromatic rings. The largest absolute Gasteiger partial charge is 0.332 e. The fourth-order valence-corrected chi connectivity index (χ4v) is 4.81. The van der Waals surface area contributed by atoms with Gasteiger partial charge in [-0.1, -0.05) is 35.9 Å². The van der Waals surface area contributed by atoms with Gasteiger partial charge < -0.3 is 4.90 Å². The molecule has 1 aromatic carbocycles. The van der Waals surface area contributed by atoms with Gasteiger partial charge in [0.25, 0.3) is 5.91 Å². The molecule has 1 amide bonds. The summed E-state index contributed by atoms with van der Waals surface area (Å²) < 4.78 is 0. The zero-order chi connectivity index (χ0) is 15.1. The number of rotatable bonds is 2. The van der Waals surface area contributed by atoms with Crippen LogP contribution in [0.1, 0.15) is 52.4 Å². The maximum absolute atomic E-state index is 12.7. The highest BCUT2D eigenvalue weighted by Crippen LogP contribution is 2.43. The summed E-state index contributed by atoms with van der Waals surface area (Å²) in [5.41, 5.74) is 2.77. The highest BCUT2D eigenvalue weighted by Gasteiger charge is 2.43. The van der Waals surface area contributed by atoms with Gasteiger partial charge in [-0.3, -0.25) is 4.79 Å². The second-order valence-electron chi connectivity index (χ2n) is 6.65. The van der Waals surface area contributed by atoms with Crippen molar-refractivity contribution in [2.45, 2.75) is 50.6 Å². The molecular formula is C19H21NOS. The lowest BCUT2D eigenvalue weighted by Gasteiger charge is -2.39. The van der Waals surface area contributed by atoms with Crippen molar-refractivity contribution in [2.75, 3.05) is 0 Å². The molecule has 2 fully saturated rings. The van der Waals surface area contributed by atoms with Crippen molar-refractivity contribution in [3.63, 3.8) is 0 Å². The third kappa shape index (κ3) is 2.38. The Labute approximate surface area is 135 Å².